The Labute approximate surface area is 193 Å². The predicted molar refractivity (Wildman–Crippen MR) is 115 cm³/mol. The number of benzene rings is 1. The van der Waals surface area contributed by atoms with Crippen molar-refractivity contribution in [1.82, 2.24) is 5.32 Å². The summed E-state index contributed by atoms with van der Waals surface area (Å²) in [6.45, 7) is 0. The van der Waals surface area contributed by atoms with Crippen LogP contribution in [0.15, 0.2) is 41.8 Å². The highest BCUT2D eigenvalue weighted by atomic mass is 32.2. The summed E-state index contributed by atoms with van der Waals surface area (Å²) < 4.78 is 31.7. The zero-order valence-electron chi connectivity index (χ0n) is 16.6. The van der Waals surface area contributed by atoms with Crippen LogP contribution in [0.3, 0.4) is 0 Å². The first kappa shape index (κ1) is 27.9. The summed E-state index contributed by atoms with van der Waals surface area (Å²) in [6, 6.07) is 8.10. The van der Waals surface area contributed by atoms with E-state index >= 15 is 0 Å². The van der Waals surface area contributed by atoms with Gasteiger partial charge in [-0.25, -0.2) is 14.4 Å². The molecule has 1 aromatic carbocycles. The second kappa shape index (κ2) is 12.8. The quantitative estimate of drug-likeness (QED) is 0.342. The van der Waals surface area contributed by atoms with Crippen LogP contribution in [0.4, 0.5) is 13.2 Å². The highest BCUT2D eigenvalue weighted by Gasteiger charge is 2.38. The van der Waals surface area contributed by atoms with E-state index in [4.69, 9.17) is 20.7 Å². The zero-order chi connectivity index (χ0) is 25.2. The number of nitrogens with two attached hydrogens (primary N) is 1. The number of aliphatic carboxylic acids is 2. The van der Waals surface area contributed by atoms with Gasteiger partial charge >= 0.3 is 24.1 Å². The van der Waals surface area contributed by atoms with Crippen LogP contribution >= 0.6 is 23.1 Å². The monoisotopic (exact) mass is 508 g/mol. The Balaban J connectivity index is 0.000000675. The van der Waals surface area contributed by atoms with Gasteiger partial charge in [0.15, 0.2) is 0 Å². The fourth-order valence-corrected chi connectivity index (χ4v) is 4.04. The highest BCUT2D eigenvalue weighted by molar-refractivity contribution is 7.99. The summed E-state index contributed by atoms with van der Waals surface area (Å²) in [7, 11) is 0. The van der Waals surface area contributed by atoms with Gasteiger partial charge in [0.25, 0.3) is 5.91 Å². The van der Waals surface area contributed by atoms with E-state index in [1.165, 1.54) is 47.4 Å². The van der Waals surface area contributed by atoms with Crippen molar-refractivity contribution in [2.24, 2.45) is 5.73 Å². The molecule has 0 aliphatic heterocycles. The number of carbonyl (C=O) groups excluding carboxylic acids is 1. The molecule has 1 heterocycles. The number of thioether (sulfide) groups is 1. The number of carboxylic acids is 3. The summed E-state index contributed by atoms with van der Waals surface area (Å²) in [5.41, 5.74) is 5.78. The molecule has 0 spiro atoms. The number of aromatic carboxylic acids is 1. The van der Waals surface area contributed by atoms with Gasteiger partial charge in [-0.15, -0.1) is 11.3 Å². The van der Waals surface area contributed by atoms with E-state index in [1.807, 2.05) is 17.5 Å². The van der Waals surface area contributed by atoms with Crippen LogP contribution < -0.4 is 11.1 Å². The third kappa shape index (κ3) is 9.51. The van der Waals surface area contributed by atoms with Crippen molar-refractivity contribution in [3.63, 3.8) is 0 Å². The Bertz CT molecular complexity index is 969. The molecule has 0 aliphatic rings. The fraction of sp³-hybridized carbons (Fsp3) is 0.263. The summed E-state index contributed by atoms with van der Waals surface area (Å²) in [6.07, 6.45) is -5.08. The SMILES string of the molecule is N[C@@H](CSC[C@H](NC(=O)c1ccccc1C(=O)O)C(=O)O)c1cccs1.O=C(O)C(F)(F)F. The first-order valence-corrected chi connectivity index (χ1v) is 10.9. The van der Waals surface area contributed by atoms with Crippen LogP contribution in [-0.4, -0.2) is 62.9 Å². The second-order valence-electron chi connectivity index (χ2n) is 6.18. The number of alkyl halides is 3. The van der Waals surface area contributed by atoms with Gasteiger partial charge in [-0.05, 0) is 23.6 Å². The highest BCUT2D eigenvalue weighted by Crippen LogP contribution is 2.21. The Hall–Kier alpha value is -3.10. The van der Waals surface area contributed by atoms with Crippen LogP contribution in [0.1, 0.15) is 31.6 Å². The van der Waals surface area contributed by atoms with Gasteiger partial charge in [0.05, 0.1) is 11.1 Å². The molecule has 0 saturated heterocycles. The molecular weight excluding hydrogens is 489 g/mol. The predicted octanol–water partition coefficient (Wildman–Crippen LogP) is 2.70. The number of hydrogen-bond acceptors (Lipinski definition) is 7. The average molecular weight is 508 g/mol. The van der Waals surface area contributed by atoms with E-state index < -0.39 is 36.0 Å². The van der Waals surface area contributed by atoms with E-state index in [2.05, 4.69) is 5.32 Å². The molecule has 33 heavy (non-hydrogen) atoms. The number of carboxylic acid groups (broad SMARTS) is 3. The lowest BCUT2D eigenvalue weighted by atomic mass is 10.1. The molecule has 0 radical (unpaired) electrons. The topological polar surface area (TPSA) is 167 Å². The molecule has 0 fully saturated rings. The van der Waals surface area contributed by atoms with Crippen LogP contribution in [0.2, 0.25) is 0 Å². The van der Waals surface area contributed by atoms with Crippen molar-refractivity contribution < 1.29 is 47.7 Å². The first-order valence-electron chi connectivity index (χ1n) is 8.87. The van der Waals surface area contributed by atoms with Crippen molar-refractivity contribution in [3.05, 3.63) is 57.8 Å². The van der Waals surface area contributed by atoms with Gasteiger partial charge in [0.2, 0.25) is 0 Å². The number of thiophene rings is 1. The van der Waals surface area contributed by atoms with Crippen LogP contribution in [-0.2, 0) is 9.59 Å². The lowest BCUT2D eigenvalue weighted by Gasteiger charge is -2.16. The van der Waals surface area contributed by atoms with E-state index in [9.17, 15) is 32.7 Å². The molecule has 14 heteroatoms. The molecule has 0 saturated carbocycles. The van der Waals surface area contributed by atoms with Crippen molar-refractivity contribution >= 4 is 46.9 Å². The number of hydrogen-bond donors (Lipinski definition) is 5. The third-order valence-corrected chi connectivity index (χ3v) is 5.91. The van der Waals surface area contributed by atoms with Gasteiger partial charge < -0.3 is 26.4 Å². The molecule has 0 unspecified atom stereocenters. The van der Waals surface area contributed by atoms with Crippen LogP contribution in [0.5, 0.6) is 0 Å². The molecular formula is C19H19F3N2O7S2. The summed E-state index contributed by atoms with van der Waals surface area (Å²) in [4.78, 5) is 44.8. The minimum Gasteiger partial charge on any atom is -0.480 e. The molecule has 180 valence electrons. The van der Waals surface area contributed by atoms with Gasteiger partial charge in [-0.3, -0.25) is 4.79 Å². The van der Waals surface area contributed by atoms with Crippen molar-refractivity contribution in [2.75, 3.05) is 11.5 Å². The van der Waals surface area contributed by atoms with Crippen LogP contribution in [0.25, 0.3) is 0 Å². The minimum absolute atomic E-state index is 0.0773. The maximum absolute atomic E-state index is 12.3. The zero-order valence-corrected chi connectivity index (χ0v) is 18.2. The average Bonchev–Trinajstić information content (AvgIpc) is 3.27. The molecule has 0 aliphatic carbocycles. The van der Waals surface area contributed by atoms with Gasteiger partial charge in [0, 0.05) is 22.4 Å². The fourth-order valence-electron chi connectivity index (χ4n) is 2.18. The van der Waals surface area contributed by atoms with Gasteiger partial charge in [-0.2, -0.15) is 24.9 Å². The summed E-state index contributed by atoms with van der Waals surface area (Å²) in [5, 5.41) is 29.9. The molecule has 6 N–H and O–H groups in total. The molecule has 1 amide bonds. The minimum atomic E-state index is -5.08. The number of rotatable bonds is 9. The summed E-state index contributed by atoms with van der Waals surface area (Å²) in [5.74, 6) is -5.31. The maximum Gasteiger partial charge on any atom is 0.490 e. The van der Waals surface area contributed by atoms with Crippen molar-refractivity contribution in [3.8, 4) is 0 Å². The normalized spacial score (nSPS) is 12.6. The van der Waals surface area contributed by atoms with Crippen molar-refractivity contribution in [2.45, 2.75) is 18.3 Å². The summed E-state index contributed by atoms with van der Waals surface area (Å²) >= 11 is 2.84. The number of amides is 1. The van der Waals surface area contributed by atoms with E-state index in [0.717, 1.165) is 4.88 Å². The Kier molecular flexibility index (Phi) is 10.8. The molecule has 9 nitrogen and oxygen atoms in total. The molecule has 1 aromatic heterocycles. The van der Waals surface area contributed by atoms with E-state index in [0.29, 0.717) is 5.75 Å². The van der Waals surface area contributed by atoms with Gasteiger partial charge in [-0.1, -0.05) is 18.2 Å². The smallest absolute Gasteiger partial charge is 0.480 e. The third-order valence-electron chi connectivity index (χ3n) is 3.74. The standard InChI is InChI=1S/C17H18N2O5S2.C2HF3O2/c18-12(14-6-3-7-26-14)8-25-9-13(17(23)24)19-15(20)10-4-1-2-5-11(10)16(21)22;3-2(4,5)1(6)7/h1-7,12-13H,8-9,18H2,(H,19,20)(H,21,22)(H,23,24);(H,6,7)/t12-,13-;/m0./s1. The lowest BCUT2D eigenvalue weighted by Crippen LogP contribution is -2.43. The maximum atomic E-state index is 12.3. The Morgan fingerprint density at radius 2 is 1.58 bits per heavy atom. The largest absolute Gasteiger partial charge is 0.490 e. The second-order valence-corrected chi connectivity index (χ2v) is 8.23. The number of nitrogens with one attached hydrogen (secondary N) is 1. The van der Waals surface area contributed by atoms with Crippen molar-refractivity contribution in [1.29, 1.82) is 0 Å². The number of carbonyl (C=O) groups is 4. The van der Waals surface area contributed by atoms with Gasteiger partial charge in [0.1, 0.15) is 6.04 Å². The number of halogens is 3. The van der Waals surface area contributed by atoms with E-state index in [1.54, 1.807) is 0 Å². The molecule has 2 aromatic rings. The van der Waals surface area contributed by atoms with Crippen LogP contribution in [0, 0.1) is 0 Å². The lowest BCUT2D eigenvalue weighted by molar-refractivity contribution is -0.192. The molecule has 2 atom stereocenters. The van der Waals surface area contributed by atoms with E-state index in [-0.39, 0.29) is 22.9 Å². The Morgan fingerprint density at radius 1 is 1.00 bits per heavy atom. The Morgan fingerprint density at radius 3 is 2.03 bits per heavy atom. The molecule has 0 bridgehead atoms. The molecule has 2 rings (SSSR count). The first-order chi connectivity index (χ1) is 15.3.